The number of amides is 2. The van der Waals surface area contributed by atoms with E-state index in [4.69, 9.17) is 14.2 Å². The molecule has 0 bridgehead atoms. The first-order valence-corrected chi connectivity index (χ1v) is 9.78. The van der Waals surface area contributed by atoms with Gasteiger partial charge in [0, 0.05) is 32.2 Å². The highest BCUT2D eigenvalue weighted by Gasteiger charge is 2.08. The second kappa shape index (κ2) is 17.2. The summed E-state index contributed by atoms with van der Waals surface area (Å²) < 4.78 is 16.2. The van der Waals surface area contributed by atoms with Crippen LogP contribution in [0.5, 0.6) is 0 Å². The van der Waals surface area contributed by atoms with Crippen molar-refractivity contribution in [1.82, 2.24) is 10.6 Å². The zero-order chi connectivity index (χ0) is 19.6. The largest absolute Gasteiger partial charge is 0.380 e. The third-order valence-corrected chi connectivity index (χ3v) is 3.80. The Balaban J connectivity index is 3.22. The summed E-state index contributed by atoms with van der Waals surface area (Å²) >= 11 is 0. The minimum Gasteiger partial charge on any atom is -0.380 e. The average Bonchev–Trinajstić information content (AvgIpc) is 2.62. The molecular formula is C19H38N2O5. The van der Waals surface area contributed by atoms with Gasteiger partial charge in [0.2, 0.25) is 11.8 Å². The van der Waals surface area contributed by atoms with Gasteiger partial charge in [-0.2, -0.15) is 0 Å². The van der Waals surface area contributed by atoms with Gasteiger partial charge < -0.3 is 24.8 Å². The molecule has 0 aliphatic rings. The van der Waals surface area contributed by atoms with Crippen molar-refractivity contribution in [2.45, 2.75) is 59.5 Å². The van der Waals surface area contributed by atoms with E-state index in [1.165, 1.54) is 0 Å². The minimum atomic E-state index is -0.111. The van der Waals surface area contributed by atoms with Crippen LogP contribution in [0.15, 0.2) is 0 Å². The zero-order valence-corrected chi connectivity index (χ0v) is 17.0. The molecule has 0 aromatic carbocycles. The topological polar surface area (TPSA) is 85.9 Å². The molecule has 0 saturated heterocycles. The molecule has 0 fully saturated rings. The first-order valence-electron chi connectivity index (χ1n) is 9.78. The summed E-state index contributed by atoms with van der Waals surface area (Å²) in [5.41, 5.74) is 0. The number of rotatable bonds is 17. The van der Waals surface area contributed by atoms with E-state index in [0.717, 1.165) is 25.7 Å². The van der Waals surface area contributed by atoms with E-state index in [-0.39, 0.29) is 30.4 Å². The standard InChI is InChI=1S/C19H38N2O5/c1-5-17(4)19(23)21-10-14-25-12-8-6-7-11-24-13-9-20-18(22)15-26-16(2)3/h16-17H,5-15H2,1-4H3,(H,20,22)(H,21,23). The Morgan fingerprint density at radius 3 is 1.96 bits per heavy atom. The zero-order valence-electron chi connectivity index (χ0n) is 17.0. The highest BCUT2D eigenvalue weighted by Crippen LogP contribution is 1.99. The normalized spacial score (nSPS) is 12.2. The second-order valence-electron chi connectivity index (χ2n) is 6.60. The lowest BCUT2D eigenvalue weighted by Crippen LogP contribution is -2.31. The van der Waals surface area contributed by atoms with Crippen molar-refractivity contribution in [3.05, 3.63) is 0 Å². The molecule has 2 N–H and O–H groups in total. The Morgan fingerprint density at radius 1 is 0.846 bits per heavy atom. The third kappa shape index (κ3) is 16.3. The summed E-state index contributed by atoms with van der Waals surface area (Å²) in [4.78, 5) is 22.9. The van der Waals surface area contributed by atoms with Crippen LogP contribution in [0.1, 0.15) is 53.4 Å². The maximum atomic E-state index is 11.5. The molecule has 0 aliphatic carbocycles. The Labute approximate surface area is 158 Å². The second-order valence-corrected chi connectivity index (χ2v) is 6.60. The van der Waals surface area contributed by atoms with Crippen molar-refractivity contribution < 1.29 is 23.8 Å². The number of carbonyl (C=O) groups excluding carboxylic acids is 2. The fraction of sp³-hybridized carbons (Fsp3) is 0.895. The van der Waals surface area contributed by atoms with Crippen molar-refractivity contribution >= 4 is 11.8 Å². The number of hydrogen-bond donors (Lipinski definition) is 2. The predicted octanol–water partition coefficient (Wildman–Crippen LogP) is 1.89. The van der Waals surface area contributed by atoms with Gasteiger partial charge in [0.05, 0.1) is 19.3 Å². The highest BCUT2D eigenvalue weighted by molar-refractivity contribution is 5.78. The van der Waals surface area contributed by atoms with Crippen LogP contribution >= 0.6 is 0 Å². The van der Waals surface area contributed by atoms with Crippen molar-refractivity contribution in [3.63, 3.8) is 0 Å². The third-order valence-electron chi connectivity index (χ3n) is 3.80. The summed E-state index contributed by atoms with van der Waals surface area (Å²) in [5.74, 6) is 0.0494. The van der Waals surface area contributed by atoms with Gasteiger partial charge in [-0.25, -0.2) is 0 Å². The molecule has 0 heterocycles. The molecule has 0 rings (SSSR count). The average molecular weight is 375 g/mol. The smallest absolute Gasteiger partial charge is 0.246 e. The Hall–Kier alpha value is -1.18. The van der Waals surface area contributed by atoms with Crippen molar-refractivity contribution in [2.75, 3.05) is 46.1 Å². The monoisotopic (exact) mass is 374 g/mol. The van der Waals surface area contributed by atoms with Gasteiger partial charge in [-0.05, 0) is 39.5 Å². The van der Waals surface area contributed by atoms with E-state index < -0.39 is 0 Å². The van der Waals surface area contributed by atoms with Gasteiger partial charge in [-0.1, -0.05) is 13.8 Å². The molecule has 0 aliphatic heterocycles. The summed E-state index contributed by atoms with van der Waals surface area (Å²) in [6, 6.07) is 0. The Morgan fingerprint density at radius 2 is 1.42 bits per heavy atom. The molecule has 1 atom stereocenters. The molecule has 0 spiro atoms. The summed E-state index contributed by atoms with van der Waals surface area (Å²) in [7, 11) is 0. The van der Waals surface area contributed by atoms with Crippen LogP contribution < -0.4 is 10.6 Å². The molecule has 0 saturated carbocycles. The fourth-order valence-electron chi connectivity index (χ4n) is 1.95. The van der Waals surface area contributed by atoms with Crippen LogP contribution in [0.4, 0.5) is 0 Å². The number of hydrogen-bond acceptors (Lipinski definition) is 5. The van der Waals surface area contributed by atoms with Gasteiger partial charge in [0.1, 0.15) is 6.61 Å². The summed E-state index contributed by atoms with van der Waals surface area (Å²) in [5, 5.41) is 5.61. The van der Waals surface area contributed by atoms with Crippen LogP contribution in [0.3, 0.4) is 0 Å². The van der Waals surface area contributed by atoms with E-state index >= 15 is 0 Å². The van der Waals surface area contributed by atoms with Gasteiger partial charge in [-0.15, -0.1) is 0 Å². The van der Waals surface area contributed by atoms with Crippen LogP contribution in [-0.2, 0) is 23.8 Å². The lowest BCUT2D eigenvalue weighted by atomic mass is 10.1. The number of ether oxygens (including phenoxy) is 3. The lowest BCUT2D eigenvalue weighted by Gasteiger charge is -2.10. The molecule has 2 amide bonds. The van der Waals surface area contributed by atoms with Crippen LogP contribution in [0.2, 0.25) is 0 Å². The van der Waals surface area contributed by atoms with Crippen LogP contribution in [0, 0.1) is 5.92 Å². The summed E-state index contributed by atoms with van der Waals surface area (Å²) in [6.07, 6.45) is 3.90. The van der Waals surface area contributed by atoms with E-state index in [2.05, 4.69) is 10.6 Å². The van der Waals surface area contributed by atoms with E-state index in [1.54, 1.807) is 0 Å². The Kier molecular flexibility index (Phi) is 16.5. The van der Waals surface area contributed by atoms with E-state index in [0.29, 0.717) is 39.5 Å². The molecule has 0 radical (unpaired) electrons. The maximum Gasteiger partial charge on any atom is 0.246 e. The molecule has 1 unspecified atom stereocenters. The molecule has 0 aromatic heterocycles. The number of unbranched alkanes of at least 4 members (excludes halogenated alkanes) is 2. The molecule has 154 valence electrons. The van der Waals surface area contributed by atoms with Crippen molar-refractivity contribution in [1.29, 1.82) is 0 Å². The van der Waals surface area contributed by atoms with Gasteiger partial charge in [0.25, 0.3) is 0 Å². The lowest BCUT2D eigenvalue weighted by molar-refractivity contribution is -0.127. The van der Waals surface area contributed by atoms with Crippen molar-refractivity contribution in [2.24, 2.45) is 5.92 Å². The van der Waals surface area contributed by atoms with Gasteiger partial charge in [-0.3, -0.25) is 9.59 Å². The molecule has 0 aromatic rings. The van der Waals surface area contributed by atoms with Gasteiger partial charge in [0.15, 0.2) is 0 Å². The van der Waals surface area contributed by atoms with E-state index in [9.17, 15) is 9.59 Å². The Bertz CT molecular complexity index is 364. The first kappa shape index (κ1) is 24.8. The molecule has 7 nitrogen and oxygen atoms in total. The van der Waals surface area contributed by atoms with Crippen LogP contribution in [-0.4, -0.2) is 64.0 Å². The first-order chi connectivity index (χ1) is 12.5. The number of nitrogens with one attached hydrogen (secondary N) is 2. The van der Waals surface area contributed by atoms with E-state index in [1.807, 2.05) is 27.7 Å². The number of carbonyl (C=O) groups is 2. The molecule has 7 heteroatoms. The quantitative estimate of drug-likeness (QED) is 0.380. The van der Waals surface area contributed by atoms with Crippen molar-refractivity contribution in [3.8, 4) is 0 Å². The van der Waals surface area contributed by atoms with Gasteiger partial charge >= 0.3 is 0 Å². The highest BCUT2D eigenvalue weighted by atomic mass is 16.5. The maximum absolute atomic E-state index is 11.5. The SMILES string of the molecule is CCC(C)C(=O)NCCOCCCCCOCCNC(=O)COC(C)C. The molecule has 26 heavy (non-hydrogen) atoms. The summed E-state index contributed by atoms with van der Waals surface area (Å²) in [6.45, 7) is 11.3. The predicted molar refractivity (Wildman–Crippen MR) is 102 cm³/mol. The minimum absolute atomic E-state index is 0.0597. The fourth-order valence-corrected chi connectivity index (χ4v) is 1.95. The van der Waals surface area contributed by atoms with Crippen LogP contribution in [0.25, 0.3) is 0 Å². The molecular weight excluding hydrogens is 336 g/mol.